The molecule has 0 unspecified atom stereocenters. The lowest BCUT2D eigenvalue weighted by Gasteiger charge is -2.13. The van der Waals surface area contributed by atoms with Gasteiger partial charge in [0.25, 0.3) is 5.56 Å². The number of H-pyrrole nitrogens is 1. The second-order valence-corrected chi connectivity index (χ2v) is 3.64. The van der Waals surface area contributed by atoms with Gasteiger partial charge in [0.1, 0.15) is 6.23 Å². The van der Waals surface area contributed by atoms with Gasteiger partial charge in [0.05, 0.1) is 0 Å². The third-order valence-corrected chi connectivity index (χ3v) is 2.64. The molecule has 0 amide bonds. The smallest absolute Gasteiger partial charge is 0.330 e. The zero-order valence-electron chi connectivity index (χ0n) is 8.66. The average Bonchev–Trinajstić information content (AvgIpc) is 2.71. The van der Waals surface area contributed by atoms with E-state index in [4.69, 9.17) is 4.74 Å². The van der Waals surface area contributed by atoms with Gasteiger partial charge in [-0.25, -0.2) is 4.79 Å². The Labute approximate surface area is 86.7 Å². The predicted octanol–water partition coefficient (Wildman–Crippen LogP) is 0.408. The summed E-state index contributed by atoms with van der Waals surface area (Å²) in [5, 5.41) is 0. The first-order valence-corrected chi connectivity index (χ1v) is 5.18. The van der Waals surface area contributed by atoms with Crippen molar-refractivity contribution in [2.24, 2.45) is 0 Å². The Morgan fingerprint density at radius 2 is 2.40 bits per heavy atom. The second kappa shape index (κ2) is 4.02. The Balaban J connectivity index is 2.46. The summed E-state index contributed by atoms with van der Waals surface area (Å²) >= 11 is 0. The maximum atomic E-state index is 11.5. The Hall–Kier alpha value is -1.36. The molecule has 1 aromatic heterocycles. The van der Waals surface area contributed by atoms with Crippen LogP contribution in [0.4, 0.5) is 0 Å². The first kappa shape index (κ1) is 10.2. The van der Waals surface area contributed by atoms with Crippen LogP contribution in [0, 0.1) is 0 Å². The van der Waals surface area contributed by atoms with Crippen LogP contribution in [-0.2, 0) is 11.2 Å². The summed E-state index contributed by atoms with van der Waals surface area (Å²) in [4.78, 5) is 25.2. The van der Waals surface area contributed by atoms with Crippen LogP contribution in [0.5, 0.6) is 0 Å². The van der Waals surface area contributed by atoms with Gasteiger partial charge in [-0.1, -0.05) is 6.92 Å². The molecule has 1 fully saturated rings. The van der Waals surface area contributed by atoms with Gasteiger partial charge in [-0.3, -0.25) is 14.3 Å². The summed E-state index contributed by atoms with van der Waals surface area (Å²) in [6.45, 7) is 2.56. The van der Waals surface area contributed by atoms with Crippen LogP contribution in [0.2, 0.25) is 0 Å². The molecule has 1 N–H and O–H groups in total. The normalized spacial score (nSPS) is 20.7. The fraction of sp³-hybridized carbons (Fsp3) is 0.600. The summed E-state index contributed by atoms with van der Waals surface area (Å²) < 4.78 is 6.88. The molecule has 1 atom stereocenters. The van der Waals surface area contributed by atoms with Crippen LogP contribution in [-0.4, -0.2) is 16.2 Å². The Bertz CT molecular complexity index is 454. The van der Waals surface area contributed by atoms with Crippen molar-refractivity contribution in [3.8, 4) is 0 Å². The molecule has 0 radical (unpaired) electrons. The zero-order valence-corrected chi connectivity index (χ0v) is 8.66. The molecular formula is C10H14N2O3. The Morgan fingerprint density at radius 1 is 1.60 bits per heavy atom. The van der Waals surface area contributed by atoms with Gasteiger partial charge < -0.3 is 4.74 Å². The average molecular weight is 210 g/mol. The van der Waals surface area contributed by atoms with E-state index < -0.39 is 0 Å². The number of hydrogen-bond donors (Lipinski definition) is 1. The van der Waals surface area contributed by atoms with Gasteiger partial charge in [-0.05, 0) is 19.3 Å². The number of ether oxygens (including phenoxy) is 1. The van der Waals surface area contributed by atoms with E-state index in [1.807, 2.05) is 6.92 Å². The molecule has 5 heteroatoms. The molecule has 0 spiro atoms. The fourth-order valence-corrected chi connectivity index (χ4v) is 1.77. The van der Waals surface area contributed by atoms with Crippen molar-refractivity contribution in [2.75, 3.05) is 6.61 Å². The summed E-state index contributed by atoms with van der Waals surface area (Å²) in [6, 6.07) is 0. The van der Waals surface area contributed by atoms with Gasteiger partial charge >= 0.3 is 5.69 Å². The lowest BCUT2D eigenvalue weighted by atomic mass is 10.2. The highest BCUT2D eigenvalue weighted by Crippen LogP contribution is 2.20. The Morgan fingerprint density at radius 3 is 3.00 bits per heavy atom. The van der Waals surface area contributed by atoms with Crippen molar-refractivity contribution in [1.29, 1.82) is 0 Å². The van der Waals surface area contributed by atoms with Crippen LogP contribution in [0.15, 0.2) is 15.8 Å². The zero-order chi connectivity index (χ0) is 10.8. The molecule has 2 heterocycles. The van der Waals surface area contributed by atoms with Crippen LogP contribution in [0.3, 0.4) is 0 Å². The monoisotopic (exact) mass is 210 g/mol. The summed E-state index contributed by atoms with van der Waals surface area (Å²) in [5.41, 5.74) is -0.0639. The predicted molar refractivity (Wildman–Crippen MR) is 54.9 cm³/mol. The summed E-state index contributed by atoms with van der Waals surface area (Å²) in [7, 11) is 0. The van der Waals surface area contributed by atoms with Crippen molar-refractivity contribution >= 4 is 0 Å². The minimum Gasteiger partial charge on any atom is -0.358 e. The van der Waals surface area contributed by atoms with Crippen molar-refractivity contribution in [3.63, 3.8) is 0 Å². The van der Waals surface area contributed by atoms with E-state index in [0.717, 1.165) is 12.8 Å². The highest BCUT2D eigenvalue weighted by Gasteiger charge is 2.19. The number of rotatable bonds is 2. The van der Waals surface area contributed by atoms with E-state index in [1.165, 1.54) is 4.57 Å². The highest BCUT2D eigenvalue weighted by atomic mass is 16.5. The van der Waals surface area contributed by atoms with E-state index in [1.54, 1.807) is 6.20 Å². The van der Waals surface area contributed by atoms with Gasteiger partial charge in [0, 0.05) is 18.4 Å². The molecule has 1 aromatic rings. The topological polar surface area (TPSA) is 64.1 Å². The van der Waals surface area contributed by atoms with E-state index in [9.17, 15) is 9.59 Å². The largest absolute Gasteiger partial charge is 0.358 e. The molecule has 15 heavy (non-hydrogen) atoms. The molecule has 0 saturated carbocycles. The van der Waals surface area contributed by atoms with Crippen molar-refractivity contribution in [1.82, 2.24) is 9.55 Å². The maximum absolute atomic E-state index is 11.5. The molecule has 0 bridgehead atoms. The van der Waals surface area contributed by atoms with Crippen LogP contribution in [0.25, 0.3) is 0 Å². The van der Waals surface area contributed by atoms with Gasteiger partial charge in [0.2, 0.25) is 0 Å². The van der Waals surface area contributed by atoms with Gasteiger partial charge in [-0.2, -0.15) is 0 Å². The molecule has 0 aromatic carbocycles. The minimum absolute atomic E-state index is 0.209. The molecule has 1 aliphatic rings. The van der Waals surface area contributed by atoms with Crippen LogP contribution < -0.4 is 11.2 Å². The van der Waals surface area contributed by atoms with Crippen molar-refractivity contribution < 1.29 is 4.74 Å². The lowest BCUT2D eigenvalue weighted by Crippen LogP contribution is -2.33. The van der Waals surface area contributed by atoms with Crippen molar-refractivity contribution in [3.05, 3.63) is 32.6 Å². The Kier molecular flexibility index (Phi) is 2.73. The third-order valence-electron chi connectivity index (χ3n) is 2.64. The molecule has 0 aliphatic carbocycles. The molecule has 82 valence electrons. The first-order chi connectivity index (χ1) is 7.22. The number of nitrogens with one attached hydrogen (secondary N) is 1. The molecule has 1 saturated heterocycles. The highest BCUT2D eigenvalue weighted by molar-refractivity contribution is 5.04. The van der Waals surface area contributed by atoms with E-state index in [-0.39, 0.29) is 17.5 Å². The van der Waals surface area contributed by atoms with Gasteiger partial charge in [0.15, 0.2) is 0 Å². The van der Waals surface area contributed by atoms with Crippen LogP contribution in [0.1, 0.15) is 31.6 Å². The van der Waals surface area contributed by atoms with Crippen LogP contribution >= 0.6 is 0 Å². The molecule has 2 rings (SSSR count). The second-order valence-electron chi connectivity index (χ2n) is 3.64. The van der Waals surface area contributed by atoms with E-state index in [0.29, 0.717) is 18.6 Å². The number of aryl methyl sites for hydroxylation is 1. The minimum atomic E-state index is -0.385. The standard InChI is InChI=1S/C10H14N2O3/c1-2-7-6-12(8-4-3-5-15-8)10(14)11-9(7)13/h6,8H,2-5H2,1H3,(H,11,13,14)/t8-/m1/s1. The van der Waals surface area contributed by atoms with Crippen molar-refractivity contribution in [2.45, 2.75) is 32.4 Å². The summed E-state index contributed by atoms with van der Waals surface area (Å²) in [5.74, 6) is 0. The van der Waals surface area contributed by atoms with Gasteiger partial charge in [-0.15, -0.1) is 0 Å². The maximum Gasteiger partial charge on any atom is 0.330 e. The van der Waals surface area contributed by atoms with E-state index >= 15 is 0 Å². The third kappa shape index (κ3) is 1.87. The number of nitrogens with zero attached hydrogens (tertiary/aromatic N) is 1. The first-order valence-electron chi connectivity index (χ1n) is 5.18. The quantitative estimate of drug-likeness (QED) is 0.768. The molecular weight excluding hydrogens is 196 g/mol. The lowest BCUT2D eigenvalue weighted by molar-refractivity contribution is 0.0524. The summed E-state index contributed by atoms with van der Waals surface area (Å²) in [6.07, 6.45) is 3.80. The molecule has 1 aliphatic heterocycles. The number of aromatic amines is 1. The molecule has 5 nitrogen and oxygen atoms in total. The SMILES string of the molecule is CCc1cn([C@H]2CCCO2)c(=O)[nH]c1=O. The number of aromatic nitrogens is 2. The number of hydrogen-bond acceptors (Lipinski definition) is 3. The fourth-order valence-electron chi connectivity index (χ4n) is 1.77. The van der Waals surface area contributed by atoms with E-state index in [2.05, 4.69) is 4.98 Å².